The molecular formula is C20H23Cl. The molecule has 0 spiro atoms. The normalized spacial score (nSPS) is 19.1. The van der Waals surface area contributed by atoms with Crippen LogP contribution in [0.1, 0.15) is 45.2 Å². The summed E-state index contributed by atoms with van der Waals surface area (Å²) in [6.07, 6.45) is 3.46. The van der Waals surface area contributed by atoms with E-state index in [0.717, 1.165) is 12.8 Å². The largest absolute Gasteiger partial charge is 0.117 e. The third-order valence-corrected chi connectivity index (χ3v) is 5.39. The molecular weight excluding hydrogens is 276 g/mol. The van der Waals surface area contributed by atoms with Crippen LogP contribution in [0.3, 0.4) is 0 Å². The van der Waals surface area contributed by atoms with Crippen molar-refractivity contribution in [2.75, 3.05) is 0 Å². The number of benzene rings is 2. The van der Waals surface area contributed by atoms with Crippen molar-refractivity contribution in [1.29, 1.82) is 0 Å². The number of alkyl halides is 1. The first-order chi connectivity index (χ1) is 10.1. The molecule has 3 rings (SSSR count). The second-order valence-corrected chi connectivity index (χ2v) is 6.96. The molecule has 0 bridgehead atoms. The Morgan fingerprint density at radius 2 is 1.62 bits per heavy atom. The van der Waals surface area contributed by atoms with Crippen molar-refractivity contribution in [3.05, 3.63) is 69.8 Å². The fourth-order valence-electron chi connectivity index (χ4n) is 3.84. The molecule has 0 nitrogen and oxygen atoms in total. The highest BCUT2D eigenvalue weighted by atomic mass is 35.5. The summed E-state index contributed by atoms with van der Waals surface area (Å²) in [5, 5.41) is 0.124. The van der Waals surface area contributed by atoms with Gasteiger partial charge in [-0.2, -0.15) is 0 Å². The molecule has 0 fully saturated rings. The van der Waals surface area contributed by atoms with Crippen LogP contribution in [0.4, 0.5) is 0 Å². The lowest BCUT2D eigenvalue weighted by molar-refractivity contribution is 0.442. The van der Waals surface area contributed by atoms with Gasteiger partial charge in [-0.05, 0) is 73.8 Å². The summed E-state index contributed by atoms with van der Waals surface area (Å²) in [6, 6.07) is 13.3. The van der Waals surface area contributed by atoms with E-state index in [0.29, 0.717) is 5.92 Å². The van der Waals surface area contributed by atoms with Crippen LogP contribution in [0, 0.1) is 26.7 Å². The molecule has 21 heavy (non-hydrogen) atoms. The molecule has 2 unspecified atom stereocenters. The Hall–Kier alpha value is -1.27. The average Bonchev–Trinajstić information content (AvgIpc) is 2.45. The van der Waals surface area contributed by atoms with Crippen LogP contribution >= 0.6 is 11.6 Å². The summed E-state index contributed by atoms with van der Waals surface area (Å²) in [5.74, 6) is 0.543. The molecule has 2 atom stereocenters. The second-order valence-electron chi connectivity index (χ2n) is 6.49. The van der Waals surface area contributed by atoms with E-state index in [-0.39, 0.29) is 5.38 Å². The van der Waals surface area contributed by atoms with Gasteiger partial charge >= 0.3 is 0 Å². The van der Waals surface area contributed by atoms with Crippen LogP contribution in [0.2, 0.25) is 0 Å². The zero-order chi connectivity index (χ0) is 15.0. The number of hydrogen-bond donors (Lipinski definition) is 0. The first-order valence-corrected chi connectivity index (χ1v) is 8.28. The van der Waals surface area contributed by atoms with E-state index in [1.807, 2.05) is 0 Å². The van der Waals surface area contributed by atoms with Gasteiger partial charge in [-0.1, -0.05) is 42.0 Å². The van der Waals surface area contributed by atoms with Crippen LogP contribution in [-0.4, -0.2) is 0 Å². The van der Waals surface area contributed by atoms with Gasteiger partial charge in [-0.3, -0.25) is 0 Å². The number of aryl methyl sites for hydroxylation is 4. The molecule has 110 valence electrons. The third-order valence-electron chi connectivity index (χ3n) is 4.81. The molecule has 0 aliphatic heterocycles. The smallest absolute Gasteiger partial charge is 0.0621 e. The van der Waals surface area contributed by atoms with E-state index in [2.05, 4.69) is 57.2 Å². The average molecular weight is 299 g/mol. The van der Waals surface area contributed by atoms with E-state index in [9.17, 15) is 0 Å². The van der Waals surface area contributed by atoms with E-state index in [1.54, 1.807) is 0 Å². The fraction of sp³-hybridized carbons (Fsp3) is 0.400. The van der Waals surface area contributed by atoms with Crippen molar-refractivity contribution >= 4 is 11.6 Å². The van der Waals surface area contributed by atoms with E-state index >= 15 is 0 Å². The van der Waals surface area contributed by atoms with Gasteiger partial charge in [-0.15, -0.1) is 11.6 Å². The first kappa shape index (κ1) is 14.7. The van der Waals surface area contributed by atoms with Gasteiger partial charge in [0, 0.05) is 0 Å². The standard InChI is InChI=1S/C20H23Cl/c1-13-10-14(2)19(15(3)11-13)20(21)18-9-8-16-6-4-5-7-17(16)12-18/h4-7,10-11,18,20H,8-9,12H2,1-3H3. The minimum absolute atomic E-state index is 0.124. The molecule has 2 aromatic carbocycles. The molecule has 1 aliphatic rings. The van der Waals surface area contributed by atoms with E-state index < -0.39 is 0 Å². The van der Waals surface area contributed by atoms with Crippen molar-refractivity contribution in [2.24, 2.45) is 5.92 Å². The maximum atomic E-state index is 6.91. The molecule has 1 aliphatic carbocycles. The van der Waals surface area contributed by atoms with Gasteiger partial charge in [-0.25, -0.2) is 0 Å². The second kappa shape index (κ2) is 5.85. The molecule has 0 N–H and O–H groups in total. The van der Waals surface area contributed by atoms with Gasteiger partial charge in [0.05, 0.1) is 5.38 Å². The Bertz CT molecular complexity index is 634. The topological polar surface area (TPSA) is 0 Å². The highest BCUT2D eigenvalue weighted by Crippen LogP contribution is 2.40. The highest BCUT2D eigenvalue weighted by molar-refractivity contribution is 6.21. The number of fused-ring (bicyclic) bond motifs is 1. The van der Waals surface area contributed by atoms with Crippen LogP contribution in [0.5, 0.6) is 0 Å². The Kier molecular flexibility index (Phi) is 4.08. The van der Waals surface area contributed by atoms with Gasteiger partial charge < -0.3 is 0 Å². The molecule has 0 aromatic heterocycles. The van der Waals surface area contributed by atoms with Crippen LogP contribution < -0.4 is 0 Å². The molecule has 2 aromatic rings. The third kappa shape index (κ3) is 2.87. The lowest BCUT2D eigenvalue weighted by Gasteiger charge is -2.30. The van der Waals surface area contributed by atoms with Gasteiger partial charge in [0.1, 0.15) is 0 Å². The number of halogens is 1. The summed E-state index contributed by atoms with van der Waals surface area (Å²) >= 11 is 6.91. The lowest BCUT2D eigenvalue weighted by atomic mass is 9.79. The summed E-state index contributed by atoms with van der Waals surface area (Å²) < 4.78 is 0. The first-order valence-electron chi connectivity index (χ1n) is 7.85. The minimum atomic E-state index is 0.124. The molecule has 0 saturated heterocycles. The summed E-state index contributed by atoms with van der Waals surface area (Å²) in [4.78, 5) is 0. The zero-order valence-corrected chi connectivity index (χ0v) is 13.9. The van der Waals surface area contributed by atoms with Gasteiger partial charge in [0.15, 0.2) is 0 Å². The van der Waals surface area contributed by atoms with Crippen molar-refractivity contribution in [3.63, 3.8) is 0 Å². The maximum absolute atomic E-state index is 6.91. The van der Waals surface area contributed by atoms with Gasteiger partial charge in [0.2, 0.25) is 0 Å². The Balaban J connectivity index is 1.89. The Morgan fingerprint density at radius 3 is 2.29 bits per heavy atom. The number of hydrogen-bond acceptors (Lipinski definition) is 0. The summed E-state index contributed by atoms with van der Waals surface area (Å²) in [6.45, 7) is 6.55. The molecule has 0 saturated carbocycles. The maximum Gasteiger partial charge on any atom is 0.0621 e. The van der Waals surface area contributed by atoms with E-state index in [4.69, 9.17) is 11.6 Å². The predicted molar refractivity (Wildman–Crippen MR) is 91.2 cm³/mol. The fourth-order valence-corrected chi connectivity index (χ4v) is 4.40. The van der Waals surface area contributed by atoms with Crippen molar-refractivity contribution < 1.29 is 0 Å². The Labute approximate surface area is 133 Å². The number of rotatable bonds is 2. The van der Waals surface area contributed by atoms with Crippen LogP contribution in [-0.2, 0) is 12.8 Å². The lowest BCUT2D eigenvalue weighted by Crippen LogP contribution is -2.19. The summed E-state index contributed by atoms with van der Waals surface area (Å²) in [5.41, 5.74) is 8.35. The monoisotopic (exact) mass is 298 g/mol. The van der Waals surface area contributed by atoms with Crippen molar-refractivity contribution in [1.82, 2.24) is 0 Å². The van der Waals surface area contributed by atoms with Crippen molar-refractivity contribution in [3.8, 4) is 0 Å². The zero-order valence-electron chi connectivity index (χ0n) is 13.1. The highest BCUT2D eigenvalue weighted by Gasteiger charge is 2.27. The SMILES string of the molecule is Cc1cc(C)c(C(Cl)C2CCc3ccccc3C2)c(C)c1. The van der Waals surface area contributed by atoms with E-state index in [1.165, 1.54) is 39.8 Å². The molecule has 0 amide bonds. The van der Waals surface area contributed by atoms with Crippen LogP contribution in [0.25, 0.3) is 0 Å². The van der Waals surface area contributed by atoms with Crippen molar-refractivity contribution in [2.45, 2.75) is 45.4 Å². The predicted octanol–water partition coefficient (Wildman–Crippen LogP) is 5.70. The minimum Gasteiger partial charge on any atom is -0.117 e. The molecule has 0 radical (unpaired) electrons. The molecule has 0 heterocycles. The Morgan fingerprint density at radius 1 is 1.00 bits per heavy atom. The molecule has 1 heteroatoms. The summed E-state index contributed by atoms with van der Waals surface area (Å²) in [7, 11) is 0. The van der Waals surface area contributed by atoms with Gasteiger partial charge in [0.25, 0.3) is 0 Å². The quantitative estimate of drug-likeness (QED) is 0.624. The van der Waals surface area contributed by atoms with Crippen LogP contribution in [0.15, 0.2) is 36.4 Å².